The predicted molar refractivity (Wildman–Crippen MR) is 144 cm³/mol. The number of hydrogen-bond acceptors (Lipinski definition) is 5. The predicted octanol–water partition coefficient (Wildman–Crippen LogP) is 7.39. The molecule has 0 aromatic heterocycles. The summed E-state index contributed by atoms with van der Waals surface area (Å²) in [5, 5.41) is 0. The molecule has 35 heavy (non-hydrogen) atoms. The van der Waals surface area contributed by atoms with Crippen molar-refractivity contribution in [3.63, 3.8) is 0 Å². The van der Waals surface area contributed by atoms with E-state index in [2.05, 4.69) is 4.72 Å². The van der Waals surface area contributed by atoms with Crippen LogP contribution in [-0.2, 0) is 14.6 Å². The van der Waals surface area contributed by atoms with E-state index < -0.39 is 38.6 Å². The molecule has 0 amide bonds. The van der Waals surface area contributed by atoms with Gasteiger partial charge in [-0.3, -0.25) is 0 Å². The molecule has 1 N–H and O–H groups in total. The van der Waals surface area contributed by atoms with Crippen LogP contribution in [0.2, 0.25) is 4.75 Å². The first-order valence-electron chi connectivity index (χ1n) is 10.6. The zero-order valence-electron chi connectivity index (χ0n) is 19.0. The van der Waals surface area contributed by atoms with E-state index in [4.69, 9.17) is 39.1 Å². The van der Waals surface area contributed by atoms with E-state index in [9.17, 15) is 13.0 Å². The summed E-state index contributed by atoms with van der Waals surface area (Å²) in [5.41, 5.74) is 0.893. The van der Waals surface area contributed by atoms with Crippen molar-refractivity contribution in [3.8, 4) is 11.5 Å². The molecule has 3 aromatic rings. The summed E-state index contributed by atoms with van der Waals surface area (Å²) in [6, 6.07) is 23.0. The SMILES string of the molecule is Cc1ccc(S(=O)(=O)NC(C[CH](C)[Ge]([Cl])([Cl])[Cl])P(=O)(Oc2ccccc2)Oc2ccccc2)cc1. The van der Waals surface area contributed by atoms with Crippen molar-refractivity contribution in [1.29, 1.82) is 0 Å². The van der Waals surface area contributed by atoms with Gasteiger partial charge in [-0.25, -0.2) is 0 Å². The van der Waals surface area contributed by atoms with Crippen molar-refractivity contribution in [1.82, 2.24) is 4.72 Å². The molecule has 6 nitrogen and oxygen atoms in total. The molecular formula is C23H25Cl3GeNO5PS. The number of sulfonamides is 1. The van der Waals surface area contributed by atoms with E-state index in [-0.39, 0.29) is 22.8 Å². The van der Waals surface area contributed by atoms with E-state index >= 15 is 0 Å². The number of benzene rings is 3. The molecule has 0 saturated heterocycles. The first-order chi connectivity index (χ1) is 16.4. The van der Waals surface area contributed by atoms with Gasteiger partial charge in [-0.15, -0.1) is 0 Å². The summed E-state index contributed by atoms with van der Waals surface area (Å²) in [6.45, 7) is 3.53. The fourth-order valence-electron chi connectivity index (χ4n) is 3.08. The number of halogens is 3. The second-order valence-electron chi connectivity index (χ2n) is 7.98. The Hall–Kier alpha value is -1.19. The van der Waals surface area contributed by atoms with Crippen LogP contribution in [-0.4, -0.2) is 24.7 Å². The summed E-state index contributed by atoms with van der Waals surface area (Å²) < 4.78 is 54.8. The molecule has 0 radical (unpaired) electrons. The minimum absolute atomic E-state index is 0.00198. The summed E-state index contributed by atoms with van der Waals surface area (Å²) in [5.74, 6) is -0.853. The molecule has 3 rings (SSSR count). The van der Waals surface area contributed by atoms with Crippen molar-refractivity contribution in [2.45, 2.75) is 35.7 Å². The Morgan fingerprint density at radius 1 is 0.857 bits per heavy atom. The number of rotatable bonds is 11. The number of para-hydroxylation sites is 2. The molecular weight excluding hydrogens is 612 g/mol. The third-order valence-electron chi connectivity index (χ3n) is 5.09. The Bertz CT molecular complexity index is 1210. The van der Waals surface area contributed by atoms with Gasteiger partial charge in [0.15, 0.2) is 0 Å². The van der Waals surface area contributed by atoms with E-state index in [1.165, 1.54) is 12.1 Å². The summed E-state index contributed by atoms with van der Waals surface area (Å²) >= 11 is 0. The molecule has 188 valence electrons. The molecule has 0 aliphatic rings. The van der Waals surface area contributed by atoms with Gasteiger partial charge >= 0.3 is 223 Å². The third-order valence-corrected chi connectivity index (χ3v) is 17.4. The first-order valence-corrected chi connectivity index (χ1v) is 23.2. The van der Waals surface area contributed by atoms with Crippen molar-refractivity contribution in [2.24, 2.45) is 0 Å². The standard InChI is InChI=1S/C23H25Cl3GeNO5PS/c1-18-13-15-22(16-14-18)35(30,31)28-23(17-19(2)27(24,25)26)34(29,32-20-9-5-3-6-10-20)33-21-11-7-4-8-12-21/h3-16,19,23,28H,17H2,1-2H3. The van der Waals surface area contributed by atoms with Gasteiger partial charge in [-0.05, 0) is 0 Å². The number of hydrogen-bond donors (Lipinski definition) is 1. The second-order valence-corrected chi connectivity index (χ2v) is 28.4. The van der Waals surface area contributed by atoms with Crippen molar-refractivity contribution >= 4 is 58.1 Å². The van der Waals surface area contributed by atoms with Crippen LogP contribution in [0, 0.1) is 6.92 Å². The van der Waals surface area contributed by atoms with Gasteiger partial charge in [-0.2, -0.15) is 0 Å². The van der Waals surface area contributed by atoms with Crippen LogP contribution < -0.4 is 13.8 Å². The normalized spacial score (nSPS) is 14.2. The van der Waals surface area contributed by atoms with Crippen molar-refractivity contribution < 1.29 is 22.0 Å². The first kappa shape index (κ1) is 28.4. The maximum absolute atomic E-state index is 14.4. The molecule has 0 aliphatic heterocycles. The van der Waals surface area contributed by atoms with Gasteiger partial charge in [0, 0.05) is 0 Å². The van der Waals surface area contributed by atoms with E-state index in [0.29, 0.717) is 0 Å². The van der Waals surface area contributed by atoms with Gasteiger partial charge in [0.25, 0.3) is 0 Å². The van der Waals surface area contributed by atoms with Gasteiger partial charge in [-0.1, -0.05) is 0 Å². The molecule has 0 aliphatic carbocycles. The van der Waals surface area contributed by atoms with Crippen LogP contribution in [0.15, 0.2) is 89.8 Å². The minimum atomic E-state index is -4.26. The van der Waals surface area contributed by atoms with Crippen LogP contribution in [0.1, 0.15) is 18.9 Å². The van der Waals surface area contributed by atoms with Crippen LogP contribution in [0.3, 0.4) is 0 Å². The van der Waals surface area contributed by atoms with Crippen LogP contribution in [0.25, 0.3) is 0 Å². The monoisotopic (exact) mass is 637 g/mol. The zero-order valence-corrected chi connectivity index (χ0v) is 25.1. The van der Waals surface area contributed by atoms with Crippen LogP contribution in [0.4, 0.5) is 0 Å². The van der Waals surface area contributed by atoms with Gasteiger partial charge < -0.3 is 0 Å². The number of nitrogens with one attached hydrogen (secondary N) is 1. The van der Waals surface area contributed by atoms with Crippen molar-refractivity contribution in [2.75, 3.05) is 0 Å². The van der Waals surface area contributed by atoms with Gasteiger partial charge in [0.2, 0.25) is 0 Å². The van der Waals surface area contributed by atoms with Gasteiger partial charge in [0.05, 0.1) is 0 Å². The van der Waals surface area contributed by atoms with E-state index in [0.717, 1.165) is 5.56 Å². The van der Waals surface area contributed by atoms with E-state index in [1.807, 2.05) is 6.92 Å². The molecule has 0 bridgehead atoms. The average molecular weight is 637 g/mol. The Kier molecular flexibility index (Phi) is 9.66. The summed E-state index contributed by atoms with van der Waals surface area (Å²) in [4.78, 5) is 0.00198. The quantitative estimate of drug-likeness (QED) is 0.175. The Morgan fingerprint density at radius 2 is 1.31 bits per heavy atom. The molecule has 12 heteroatoms. The molecule has 0 heterocycles. The molecule has 2 atom stereocenters. The molecule has 0 fully saturated rings. The second kappa shape index (κ2) is 11.9. The Labute approximate surface area is 221 Å². The maximum atomic E-state index is 14.4. The van der Waals surface area contributed by atoms with Crippen LogP contribution >= 0.6 is 37.6 Å². The van der Waals surface area contributed by atoms with Crippen LogP contribution in [0.5, 0.6) is 11.5 Å². The number of aryl methyl sites for hydroxylation is 1. The average Bonchev–Trinajstić information content (AvgIpc) is 2.79. The zero-order chi connectivity index (χ0) is 25.7. The Balaban J connectivity index is 2.07. The topological polar surface area (TPSA) is 81.7 Å². The van der Waals surface area contributed by atoms with E-state index in [1.54, 1.807) is 79.7 Å². The fraction of sp³-hybridized carbons (Fsp3) is 0.217. The molecule has 3 aromatic carbocycles. The van der Waals surface area contributed by atoms with Crippen molar-refractivity contribution in [3.05, 3.63) is 90.5 Å². The van der Waals surface area contributed by atoms with Gasteiger partial charge in [0.1, 0.15) is 0 Å². The Morgan fingerprint density at radius 3 is 1.74 bits per heavy atom. The summed E-state index contributed by atoms with van der Waals surface area (Å²) in [7, 11) is 6.60. The third kappa shape index (κ3) is 8.15. The summed E-state index contributed by atoms with van der Waals surface area (Å²) in [6.07, 6.45) is -0.0709. The molecule has 0 saturated carbocycles. The molecule has 0 spiro atoms. The molecule has 2 unspecified atom stereocenters. The fourth-order valence-corrected chi connectivity index (χ4v) is 9.65.